The number of benzene rings is 1. The van der Waals surface area contributed by atoms with Crippen molar-refractivity contribution < 1.29 is 19.2 Å². The van der Waals surface area contributed by atoms with Crippen LogP contribution in [0.4, 0.5) is 10.7 Å². The van der Waals surface area contributed by atoms with Gasteiger partial charge in [0.1, 0.15) is 5.00 Å². The van der Waals surface area contributed by atoms with Crippen LogP contribution < -0.4 is 16.4 Å². The van der Waals surface area contributed by atoms with Gasteiger partial charge in [-0.1, -0.05) is 6.92 Å². The van der Waals surface area contributed by atoms with Crippen molar-refractivity contribution in [1.82, 2.24) is 0 Å². The Bertz CT molecular complexity index is 1080. The van der Waals surface area contributed by atoms with Gasteiger partial charge in [-0.25, -0.2) is 0 Å². The van der Waals surface area contributed by atoms with Crippen molar-refractivity contribution in [3.63, 3.8) is 0 Å². The molecular weight excluding hydrogens is 414 g/mol. The van der Waals surface area contributed by atoms with E-state index in [-0.39, 0.29) is 11.4 Å². The average Bonchev–Trinajstić information content (AvgIpc) is 3.04. The molecule has 1 aliphatic rings. The molecule has 1 atom stereocenters. The number of nitrogens with two attached hydrogens (primary N) is 1. The van der Waals surface area contributed by atoms with E-state index in [0.717, 1.165) is 29.7 Å². The molecule has 0 bridgehead atoms. The van der Waals surface area contributed by atoms with Gasteiger partial charge in [0.05, 0.1) is 5.56 Å². The van der Waals surface area contributed by atoms with Crippen LogP contribution in [-0.4, -0.2) is 23.5 Å². The first-order chi connectivity index (χ1) is 14.7. The number of nitrogens with one attached hydrogen (secondary N) is 2. The smallest absolute Gasteiger partial charge is 0.251 e. The van der Waals surface area contributed by atoms with Gasteiger partial charge in [-0.3, -0.25) is 19.2 Å². The van der Waals surface area contributed by atoms with Gasteiger partial charge in [0.2, 0.25) is 5.91 Å². The number of hydrogen-bond donors (Lipinski definition) is 3. The fourth-order valence-corrected chi connectivity index (χ4v) is 4.95. The Kier molecular flexibility index (Phi) is 6.70. The van der Waals surface area contributed by atoms with Crippen molar-refractivity contribution in [2.75, 3.05) is 10.6 Å². The lowest BCUT2D eigenvalue weighted by molar-refractivity contribution is -0.114. The average molecular weight is 440 g/mol. The van der Waals surface area contributed by atoms with E-state index >= 15 is 0 Å². The van der Waals surface area contributed by atoms with E-state index in [9.17, 15) is 19.2 Å². The molecule has 1 aromatic heterocycles. The molecule has 0 aliphatic heterocycles. The summed E-state index contributed by atoms with van der Waals surface area (Å²) < 4.78 is 0. The highest BCUT2D eigenvalue weighted by Gasteiger charge is 2.27. The third-order valence-corrected chi connectivity index (χ3v) is 6.42. The van der Waals surface area contributed by atoms with Gasteiger partial charge >= 0.3 is 0 Å². The Labute approximate surface area is 184 Å². The van der Waals surface area contributed by atoms with Crippen LogP contribution in [0.25, 0.3) is 0 Å². The summed E-state index contributed by atoms with van der Waals surface area (Å²) in [6, 6.07) is 6.49. The van der Waals surface area contributed by atoms with Crippen LogP contribution in [-0.2, 0) is 22.4 Å². The number of carbonyl (C=O) groups excluding carboxylic acids is 4. The Morgan fingerprint density at radius 1 is 1.10 bits per heavy atom. The summed E-state index contributed by atoms with van der Waals surface area (Å²) >= 11 is 1.37. The minimum absolute atomic E-state index is 0.0642. The maximum Gasteiger partial charge on any atom is 0.251 e. The fraction of sp³-hybridized carbons (Fsp3) is 0.304. The highest BCUT2D eigenvalue weighted by atomic mass is 32.1. The maximum atomic E-state index is 12.5. The standard InChI is InChI=1S/C23H25N3O4S/c1-12-4-9-17-18(10-12)31-23(20(17)21(24)29)26-19(28)11-13(2)22(30)25-16-7-5-15(6-8-16)14(3)27/h5-8,11-12H,4,9-10H2,1-3H3,(H2,24,29)(H,25,30)(H,26,28)/b13-11-. The lowest BCUT2D eigenvalue weighted by Crippen LogP contribution is -2.19. The van der Waals surface area contributed by atoms with Crippen LogP contribution >= 0.6 is 11.3 Å². The molecule has 1 heterocycles. The molecule has 7 nitrogen and oxygen atoms in total. The lowest BCUT2D eigenvalue weighted by atomic mass is 9.88. The van der Waals surface area contributed by atoms with E-state index in [1.807, 2.05) is 0 Å². The normalized spacial score (nSPS) is 15.7. The van der Waals surface area contributed by atoms with Gasteiger partial charge in [0.15, 0.2) is 5.78 Å². The molecule has 1 aromatic carbocycles. The van der Waals surface area contributed by atoms with E-state index in [4.69, 9.17) is 5.73 Å². The zero-order chi connectivity index (χ0) is 22.7. The second-order valence-corrected chi connectivity index (χ2v) is 8.93. The molecule has 0 radical (unpaired) electrons. The number of anilines is 2. The van der Waals surface area contributed by atoms with Crippen molar-refractivity contribution in [2.45, 2.75) is 40.0 Å². The van der Waals surface area contributed by atoms with Crippen LogP contribution in [0.3, 0.4) is 0 Å². The Balaban J connectivity index is 1.71. The molecule has 8 heteroatoms. The highest BCUT2D eigenvalue weighted by molar-refractivity contribution is 7.17. The molecule has 0 spiro atoms. The Morgan fingerprint density at radius 2 is 1.77 bits per heavy atom. The third-order valence-electron chi connectivity index (χ3n) is 5.25. The van der Waals surface area contributed by atoms with E-state index in [2.05, 4.69) is 17.6 Å². The third kappa shape index (κ3) is 5.27. The second-order valence-electron chi connectivity index (χ2n) is 7.82. The minimum Gasteiger partial charge on any atom is -0.365 e. The molecule has 3 amide bonds. The summed E-state index contributed by atoms with van der Waals surface area (Å²) in [5.74, 6) is -1.06. The number of rotatable bonds is 6. The molecule has 3 rings (SSSR count). The number of ketones is 1. The number of fused-ring (bicyclic) bond motifs is 1. The highest BCUT2D eigenvalue weighted by Crippen LogP contribution is 2.39. The SMILES string of the molecule is CC(=O)c1ccc(NC(=O)/C(C)=C\C(=O)Nc2sc3c(c2C(N)=O)CCC(C)C3)cc1. The molecule has 1 aliphatic carbocycles. The monoisotopic (exact) mass is 439 g/mol. The predicted molar refractivity (Wildman–Crippen MR) is 121 cm³/mol. The summed E-state index contributed by atoms with van der Waals surface area (Å²) in [4.78, 5) is 49.3. The number of primary amides is 1. The molecule has 162 valence electrons. The number of Topliss-reactive ketones (excluding diaryl/α,β-unsaturated/α-hetero) is 1. The van der Waals surface area contributed by atoms with Gasteiger partial charge in [-0.05, 0) is 68.9 Å². The lowest BCUT2D eigenvalue weighted by Gasteiger charge is -2.18. The Hall–Kier alpha value is -3.26. The fourth-order valence-electron chi connectivity index (χ4n) is 3.53. The predicted octanol–water partition coefficient (Wildman–Crippen LogP) is 3.70. The molecule has 4 N–H and O–H groups in total. The summed E-state index contributed by atoms with van der Waals surface area (Å²) in [5.41, 5.74) is 8.13. The zero-order valence-electron chi connectivity index (χ0n) is 17.7. The first-order valence-electron chi connectivity index (χ1n) is 10.0. The zero-order valence-corrected chi connectivity index (χ0v) is 18.5. The van der Waals surface area contributed by atoms with Gasteiger partial charge in [-0.2, -0.15) is 0 Å². The topological polar surface area (TPSA) is 118 Å². The maximum absolute atomic E-state index is 12.5. The van der Waals surface area contributed by atoms with Gasteiger partial charge < -0.3 is 16.4 Å². The van der Waals surface area contributed by atoms with Crippen molar-refractivity contribution >= 4 is 45.5 Å². The van der Waals surface area contributed by atoms with E-state index in [1.54, 1.807) is 24.3 Å². The van der Waals surface area contributed by atoms with Crippen molar-refractivity contribution in [2.24, 2.45) is 11.7 Å². The van der Waals surface area contributed by atoms with Gasteiger partial charge in [-0.15, -0.1) is 11.3 Å². The summed E-state index contributed by atoms with van der Waals surface area (Å²) in [7, 11) is 0. The number of hydrogen-bond acceptors (Lipinski definition) is 5. The summed E-state index contributed by atoms with van der Waals surface area (Å²) in [5, 5.41) is 5.83. The van der Waals surface area contributed by atoms with Crippen molar-refractivity contribution in [3.8, 4) is 0 Å². The number of thiophene rings is 1. The van der Waals surface area contributed by atoms with E-state index in [0.29, 0.717) is 27.7 Å². The Morgan fingerprint density at radius 3 is 2.39 bits per heavy atom. The van der Waals surface area contributed by atoms with Crippen LogP contribution in [0, 0.1) is 5.92 Å². The first kappa shape index (κ1) is 22.4. The molecule has 31 heavy (non-hydrogen) atoms. The van der Waals surface area contributed by atoms with Crippen molar-refractivity contribution in [1.29, 1.82) is 0 Å². The quantitative estimate of drug-likeness (QED) is 0.470. The van der Waals surface area contributed by atoms with Crippen LogP contribution in [0.5, 0.6) is 0 Å². The van der Waals surface area contributed by atoms with E-state index in [1.165, 1.54) is 31.3 Å². The minimum atomic E-state index is -0.560. The first-order valence-corrected chi connectivity index (χ1v) is 10.8. The molecule has 2 aromatic rings. The van der Waals surface area contributed by atoms with Crippen molar-refractivity contribution in [3.05, 3.63) is 57.5 Å². The van der Waals surface area contributed by atoms with Gasteiger partial charge in [0.25, 0.3) is 11.8 Å². The molecule has 0 saturated heterocycles. The molecule has 0 fully saturated rings. The number of amides is 3. The van der Waals surface area contributed by atoms with Crippen LogP contribution in [0.1, 0.15) is 58.3 Å². The summed E-state index contributed by atoms with van der Waals surface area (Å²) in [6.45, 7) is 5.14. The van der Waals surface area contributed by atoms with Crippen LogP contribution in [0.15, 0.2) is 35.9 Å². The molecule has 1 unspecified atom stereocenters. The van der Waals surface area contributed by atoms with Crippen LogP contribution in [0.2, 0.25) is 0 Å². The van der Waals surface area contributed by atoms with E-state index < -0.39 is 17.7 Å². The van der Waals surface area contributed by atoms with Gasteiger partial charge in [0, 0.05) is 27.8 Å². The molecule has 0 saturated carbocycles. The number of carbonyl (C=O) groups is 4. The second kappa shape index (κ2) is 9.26. The summed E-state index contributed by atoms with van der Waals surface area (Å²) in [6.07, 6.45) is 3.78. The largest absolute Gasteiger partial charge is 0.365 e. The molecular formula is C23H25N3O4S.